The van der Waals surface area contributed by atoms with Gasteiger partial charge < -0.3 is 15.4 Å². The average molecular weight is 212 g/mol. The predicted octanol–water partition coefficient (Wildman–Crippen LogP) is 1.08. The van der Waals surface area contributed by atoms with Gasteiger partial charge in [0.25, 0.3) is 0 Å². The molecule has 3 heteroatoms. The van der Waals surface area contributed by atoms with Crippen LogP contribution in [0, 0.1) is 11.8 Å². The lowest BCUT2D eigenvalue weighted by molar-refractivity contribution is 0.149. The van der Waals surface area contributed by atoms with Gasteiger partial charge in [-0.15, -0.1) is 0 Å². The zero-order valence-electron chi connectivity index (χ0n) is 9.98. The average Bonchev–Trinajstić information content (AvgIpc) is 2.90. The molecule has 1 saturated carbocycles. The fraction of sp³-hybridized carbons (Fsp3) is 1.00. The molecule has 2 unspecified atom stereocenters. The lowest BCUT2D eigenvalue weighted by atomic mass is 10.0. The summed E-state index contributed by atoms with van der Waals surface area (Å²) in [6.07, 6.45) is 2.85. The fourth-order valence-corrected chi connectivity index (χ4v) is 2.23. The largest absolute Gasteiger partial charge is 0.379 e. The molecule has 0 amide bonds. The summed E-state index contributed by atoms with van der Waals surface area (Å²) in [7, 11) is 0. The van der Waals surface area contributed by atoms with E-state index in [1.807, 2.05) is 0 Å². The predicted molar refractivity (Wildman–Crippen MR) is 61.7 cm³/mol. The highest BCUT2D eigenvalue weighted by atomic mass is 16.5. The van der Waals surface area contributed by atoms with Crippen molar-refractivity contribution in [1.82, 2.24) is 4.90 Å². The first-order chi connectivity index (χ1) is 7.16. The second-order valence-electron chi connectivity index (χ2n) is 5.45. The number of nitrogens with two attached hydrogens (primary N) is 1. The Hall–Kier alpha value is -0.120. The molecule has 15 heavy (non-hydrogen) atoms. The molecule has 2 aliphatic rings. The monoisotopic (exact) mass is 212 g/mol. The van der Waals surface area contributed by atoms with Gasteiger partial charge in [-0.05, 0) is 32.6 Å². The van der Waals surface area contributed by atoms with Gasteiger partial charge in [-0.2, -0.15) is 0 Å². The summed E-state index contributed by atoms with van der Waals surface area (Å²) in [6.45, 7) is 8.55. The molecule has 88 valence electrons. The Morgan fingerprint density at radius 2 is 2.00 bits per heavy atom. The maximum absolute atomic E-state index is 6.02. The van der Waals surface area contributed by atoms with Crippen molar-refractivity contribution in [2.24, 2.45) is 17.6 Å². The number of ether oxygens (including phenoxy) is 1. The molecule has 2 fully saturated rings. The second-order valence-corrected chi connectivity index (χ2v) is 5.45. The van der Waals surface area contributed by atoms with Crippen molar-refractivity contribution in [3.8, 4) is 0 Å². The molecule has 1 saturated heterocycles. The van der Waals surface area contributed by atoms with Crippen LogP contribution in [0.4, 0.5) is 0 Å². The molecule has 2 atom stereocenters. The summed E-state index contributed by atoms with van der Waals surface area (Å²) in [4.78, 5) is 2.58. The van der Waals surface area contributed by atoms with E-state index in [2.05, 4.69) is 18.7 Å². The standard InChI is InChI=1S/C12H24N2O/c1-9(2)14(5-10-3-4-10)6-11-7-15-8-12(11)13/h9-12H,3-8,13H2,1-2H3. The maximum atomic E-state index is 6.02. The van der Waals surface area contributed by atoms with Crippen LogP contribution in [0.15, 0.2) is 0 Å². The van der Waals surface area contributed by atoms with E-state index in [9.17, 15) is 0 Å². The third-order valence-corrected chi connectivity index (χ3v) is 3.64. The van der Waals surface area contributed by atoms with Crippen molar-refractivity contribution >= 4 is 0 Å². The first-order valence-electron chi connectivity index (χ1n) is 6.24. The number of nitrogens with zero attached hydrogens (tertiary/aromatic N) is 1. The van der Waals surface area contributed by atoms with Gasteiger partial charge in [0.1, 0.15) is 0 Å². The van der Waals surface area contributed by atoms with Crippen LogP contribution in [-0.4, -0.2) is 43.3 Å². The third kappa shape index (κ3) is 3.16. The van der Waals surface area contributed by atoms with E-state index in [1.54, 1.807) is 0 Å². The van der Waals surface area contributed by atoms with E-state index in [-0.39, 0.29) is 6.04 Å². The van der Waals surface area contributed by atoms with Crippen LogP contribution in [0.3, 0.4) is 0 Å². The van der Waals surface area contributed by atoms with E-state index < -0.39 is 0 Å². The zero-order chi connectivity index (χ0) is 10.8. The van der Waals surface area contributed by atoms with Gasteiger partial charge in [-0.25, -0.2) is 0 Å². The number of hydrogen-bond acceptors (Lipinski definition) is 3. The molecular weight excluding hydrogens is 188 g/mol. The quantitative estimate of drug-likeness (QED) is 0.741. The lowest BCUT2D eigenvalue weighted by Crippen LogP contribution is -2.42. The van der Waals surface area contributed by atoms with Crippen LogP contribution in [0.5, 0.6) is 0 Å². The van der Waals surface area contributed by atoms with Crippen molar-refractivity contribution in [2.75, 3.05) is 26.3 Å². The van der Waals surface area contributed by atoms with Gasteiger partial charge in [0.05, 0.1) is 13.2 Å². The number of rotatable bonds is 5. The van der Waals surface area contributed by atoms with Gasteiger partial charge >= 0.3 is 0 Å². The number of hydrogen-bond donors (Lipinski definition) is 1. The molecule has 0 aromatic heterocycles. The van der Waals surface area contributed by atoms with E-state index in [4.69, 9.17) is 10.5 Å². The SMILES string of the molecule is CC(C)N(CC1CC1)CC1COCC1N. The van der Waals surface area contributed by atoms with Crippen LogP contribution in [-0.2, 0) is 4.74 Å². The molecule has 3 nitrogen and oxygen atoms in total. The van der Waals surface area contributed by atoms with Crippen LogP contribution in [0.2, 0.25) is 0 Å². The molecule has 1 aliphatic carbocycles. The molecule has 2 N–H and O–H groups in total. The molecule has 0 aromatic rings. The molecule has 1 aliphatic heterocycles. The summed E-state index contributed by atoms with van der Waals surface area (Å²) in [5.41, 5.74) is 6.02. The van der Waals surface area contributed by atoms with E-state index in [0.29, 0.717) is 12.0 Å². The summed E-state index contributed by atoms with van der Waals surface area (Å²) in [5, 5.41) is 0. The highest BCUT2D eigenvalue weighted by Gasteiger charge is 2.30. The summed E-state index contributed by atoms with van der Waals surface area (Å²) in [5.74, 6) is 1.51. The highest BCUT2D eigenvalue weighted by Crippen LogP contribution is 2.30. The van der Waals surface area contributed by atoms with Crippen molar-refractivity contribution in [1.29, 1.82) is 0 Å². The first kappa shape index (κ1) is 11.4. The van der Waals surface area contributed by atoms with Gasteiger partial charge in [-0.1, -0.05) is 0 Å². The van der Waals surface area contributed by atoms with Gasteiger partial charge in [-0.3, -0.25) is 0 Å². The minimum atomic E-state index is 0.255. The molecule has 0 bridgehead atoms. The van der Waals surface area contributed by atoms with E-state index >= 15 is 0 Å². The summed E-state index contributed by atoms with van der Waals surface area (Å²) >= 11 is 0. The smallest absolute Gasteiger partial charge is 0.0621 e. The Balaban J connectivity index is 1.81. The fourth-order valence-electron chi connectivity index (χ4n) is 2.23. The maximum Gasteiger partial charge on any atom is 0.0621 e. The van der Waals surface area contributed by atoms with Crippen molar-refractivity contribution < 1.29 is 4.74 Å². The van der Waals surface area contributed by atoms with Crippen LogP contribution < -0.4 is 5.73 Å². The topological polar surface area (TPSA) is 38.5 Å². The molecule has 1 heterocycles. The molecule has 2 rings (SSSR count). The van der Waals surface area contributed by atoms with Crippen LogP contribution in [0.1, 0.15) is 26.7 Å². The Morgan fingerprint density at radius 1 is 1.27 bits per heavy atom. The van der Waals surface area contributed by atoms with Gasteiger partial charge in [0.15, 0.2) is 0 Å². The van der Waals surface area contributed by atoms with Crippen LogP contribution >= 0.6 is 0 Å². The zero-order valence-corrected chi connectivity index (χ0v) is 9.98. The summed E-state index contributed by atoms with van der Waals surface area (Å²) < 4.78 is 5.42. The van der Waals surface area contributed by atoms with Crippen LogP contribution in [0.25, 0.3) is 0 Å². The Bertz CT molecular complexity index is 204. The molecule has 0 aromatic carbocycles. The Morgan fingerprint density at radius 3 is 2.47 bits per heavy atom. The van der Waals surface area contributed by atoms with E-state index in [1.165, 1.54) is 19.4 Å². The normalized spacial score (nSPS) is 31.8. The summed E-state index contributed by atoms with van der Waals surface area (Å²) in [6, 6.07) is 0.892. The molecular formula is C12H24N2O. The lowest BCUT2D eigenvalue weighted by Gasteiger charge is -2.30. The van der Waals surface area contributed by atoms with Crippen molar-refractivity contribution in [3.63, 3.8) is 0 Å². The molecule has 0 radical (unpaired) electrons. The van der Waals surface area contributed by atoms with Gasteiger partial charge in [0.2, 0.25) is 0 Å². The third-order valence-electron chi connectivity index (χ3n) is 3.64. The second kappa shape index (κ2) is 4.81. The van der Waals surface area contributed by atoms with Crippen molar-refractivity contribution in [3.05, 3.63) is 0 Å². The highest BCUT2D eigenvalue weighted by molar-refractivity contribution is 4.84. The van der Waals surface area contributed by atoms with E-state index in [0.717, 1.165) is 25.7 Å². The molecule has 0 spiro atoms. The first-order valence-corrected chi connectivity index (χ1v) is 6.24. The minimum absolute atomic E-state index is 0.255. The Labute approximate surface area is 93.0 Å². The Kier molecular flexibility index (Phi) is 3.65. The van der Waals surface area contributed by atoms with Gasteiger partial charge in [0, 0.05) is 31.1 Å². The van der Waals surface area contributed by atoms with Crippen molar-refractivity contribution in [2.45, 2.75) is 38.8 Å². The minimum Gasteiger partial charge on any atom is -0.379 e.